The molecule has 170 valence electrons. The molecule has 5 nitrogen and oxygen atoms in total. The number of hydrogen-bond acceptors (Lipinski definition) is 5. The molecule has 0 bridgehead atoms. The van der Waals surface area contributed by atoms with Crippen molar-refractivity contribution >= 4 is 49.8 Å². The van der Waals surface area contributed by atoms with E-state index in [1.54, 1.807) is 19.9 Å². The highest BCUT2D eigenvalue weighted by atomic mass is 32.1. The van der Waals surface area contributed by atoms with Crippen molar-refractivity contribution in [3.63, 3.8) is 0 Å². The SMILES string of the molecule is Cc1c(C(=O)Nc2cc(C(C)(C)O)c3ccccc3n2)sc2c(C(=O)C(C)(C)C)cccc12. The van der Waals surface area contributed by atoms with Crippen LogP contribution in [-0.4, -0.2) is 21.8 Å². The number of pyridine rings is 1. The van der Waals surface area contributed by atoms with Gasteiger partial charge in [0.2, 0.25) is 0 Å². The third-order valence-corrected chi connectivity index (χ3v) is 7.05. The zero-order chi connectivity index (χ0) is 24.1. The molecule has 4 rings (SSSR count). The number of amides is 1. The number of carbonyl (C=O) groups excluding carboxylic acids is 2. The molecule has 0 aliphatic heterocycles. The van der Waals surface area contributed by atoms with Gasteiger partial charge in [0.15, 0.2) is 5.78 Å². The van der Waals surface area contributed by atoms with Gasteiger partial charge in [-0.25, -0.2) is 4.98 Å². The molecule has 0 spiro atoms. The summed E-state index contributed by atoms with van der Waals surface area (Å²) in [5, 5.41) is 15.3. The van der Waals surface area contributed by atoms with Gasteiger partial charge in [0.1, 0.15) is 5.82 Å². The molecule has 2 aromatic heterocycles. The van der Waals surface area contributed by atoms with Gasteiger partial charge in [-0.2, -0.15) is 0 Å². The highest BCUT2D eigenvalue weighted by molar-refractivity contribution is 7.21. The number of fused-ring (bicyclic) bond motifs is 2. The fourth-order valence-corrected chi connectivity index (χ4v) is 5.17. The number of carbonyl (C=O) groups is 2. The monoisotopic (exact) mass is 460 g/mol. The van der Waals surface area contributed by atoms with E-state index in [9.17, 15) is 14.7 Å². The second-order valence-electron chi connectivity index (χ2n) is 9.90. The summed E-state index contributed by atoms with van der Waals surface area (Å²) < 4.78 is 0.823. The summed E-state index contributed by atoms with van der Waals surface area (Å²) in [5.41, 5.74) is 1.24. The number of hydrogen-bond donors (Lipinski definition) is 2. The van der Waals surface area contributed by atoms with Crippen LogP contribution in [0.3, 0.4) is 0 Å². The van der Waals surface area contributed by atoms with E-state index in [2.05, 4.69) is 10.3 Å². The number of Topliss-reactive ketones (excluding diaryl/α,β-unsaturated/α-hetero) is 1. The molecule has 2 N–H and O–H groups in total. The molecule has 0 saturated carbocycles. The first kappa shape index (κ1) is 23.1. The Bertz CT molecular complexity index is 1400. The highest BCUT2D eigenvalue weighted by Gasteiger charge is 2.27. The Kier molecular flexibility index (Phi) is 5.63. The largest absolute Gasteiger partial charge is 0.386 e. The van der Waals surface area contributed by atoms with Gasteiger partial charge in [-0.15, -0.1) is 11.3 Å². The summed E-state index contributed by atoms with van der Waals surface area (Å²) in [7, 11) is 0. The van der Waals surface area contributed by atoms with Crippen molar-refractivity contribution in [3.05, 3.63) is 70.1 Å². The predicted molar refractivity (Wildman–Crippen MR) is 135 cm³/mol. The number of nitrogens with zero attached hydrogens (tertiary/aromatic N) is 1. The van der Waals surface area contributed by atoms with E-state index in [4.69, 9.17) is 0 Å². The molecule has 0 unspecified atom stereocenters. The Labute approximate surface area is 197 Å². The van der Waals surface area contributed by atoms with Crippen LogP contribution in [0.2, 0.25) is 0 Å². The summed E-state index contributed by atoms with van der Waals surface area (Å²) in [6.45, 7) is 11.0. The van der Waals surface area contributed by atoms with Gasteiger partial charge < -0.3 is 10.4 Å². The van der Waals surface area contributed by atoms with E-state index in [1.165, 1.54) is 11.3 Å². The molecule has 0 saturated heterocycles. The molecule has 33 heavy (non-hydrogen) atoms. The Hall–Kier alpha value is -3.09. The first-order chi connectivity index (χ1) is 15.4. The van der Waals surface area contributed by atoms with Gasteiger partial charge in [0, 0.05) is 21.1 Å². The van der Waals surface area contributed by atoms with Gasteiger partial charge in [0.05, 0.1) is 16.0 Å². The number of benzene rings is 2. The highest BCUT2D eigenvalue weighted by Crippen LogP contribution is 2.36. The molecule has 6 heteroatoms. The molecular weight excluding hydrogens is 432 g/mol. The van der Waals surface area contributed by atoms with E-state index < -0.39 is 11.0 Å². The van der Waals surface area contributed by atoms with Crippen LogP contribution in [0.15, 0.2) is 48.5 Å². The van der Waals surface area contributed by atoms with Crippen molar-refractivity contribution < 1.29 is 14.7 Å². The minimum Gasteiger partial charge on any atom is -0.386 e. The van der Waals surface area contributed by atoms with Gasteiger partial charge in [-0.3, -0.25) is 9.59 Å². The van der Waals surface area contributed by atoms with Gasteiger partial charge >= 0.3 is 0 Å². The first-order valence-electron chi connectivity index (χ1n) is 10.9. The first-order valence-corrected chi connectivity index (χ1v) is 11.7. The smallest absolute Gasteiger partial charge is 0.267 e. The lowest BCUT2D eigenvalue weighted by Crippen LogP contribution is -2.20. The van der Waals surface area contributed by atoms with Gasteiger partial charge in [-0.05, 0) is 55.5 Å². The molecule has 4 aromatic rings. The van der Waals surface area contributed by atoms with E-state index in [0.29, 0.717) is 27.3 Å². The molecule has 2 heterocycles. The zero-order valence-electron chi connectivity index (χ0n) is 19.7. The summed E-state index contributed by atoms with van der Waals surface area (Å²) in [6, 6.07) is 14.9. The molecule has 0 aliphatic carbocycles. The van der Waals surface area contributed by atoms with Crippen molar-refractivity contribution in [1.82, 2.24) is 4.98 Å². The predicted octanol–water partition coefficient (Wildman–Crippen LogP) is 6.47. The number of aromatic nitrogens is 1. The lowest BCUT2D eigenvalue weighted by Gasteiger charge is -2.21. The van der Waals surface area contributed by atoms with Crippen LogP contribution in [0, 0.1) is 12.3 Å². The van der Waals surface area contributed by atoms with Crippen LogP contribution in [0.25, 0.3) is 21.0 Å². The molecule has 1 amide bonds. The fraction of sp³-hybridized carbons (Fsp3) is 0.296. The van der Waals surface area contributed by atoms with E-state index in [0.717, 1.165) is 21.0 Å². The number of anilines is 1. The summed E-state index contributed by atoms with van der Waals surface area (Å²) >= 11 is 1.33. The number of aryl methyl sites for hydroxylation is 1. The van der Waals surface area contributed by atoms with Gasteiger partial charge in [-0.1, -0.05) is 51.1 Å². The van der Waals surface area contributed by atoms with Crippen molar-refractivity contribution in [3.8, 4) is 0 Å². The average molecular weight is 461 g/mol. The van der Waals surface area contributed by atoms with E-state index >= 15 is 0 Å². The maximum atomic E-state index is 13.3. The molecular formula is C27H28N2O3S. The van der Waals surface area contributed by atoms with Crippen molar-refractivity contribution in [2.75, 3.05) is 5.32 Å². The average Bonchev–Trinajstić information content (AvgIpc) is 3.08. The molecule has 2 aromatic carbocycles. The number of ketones is 1. The summed E-state index contributed by atoms with van der Waals surface area (Å²) in [6.07, 6.45) is 0. The second-order valence-corrected chi connectivity index (χ2v) is 10.9. The Morgan fingerprint density at radius 3 is 2.30 bits per heavy atom. The topological polar surface area (TPSA) is 79.3 Å². The lowest BCUT2D eigenvalue weighted by molar-refractivity contribution is 0.0800. The number of thiophene rings is 1. The van der Waals surface area contributed by atoms with Crippen LogP contribution < -0.4 is 5.32 Å². The van der Waals surface area contributed by atoms with Crippen molar-refractivity contribution in [1.29, 1.82) is 0 Å². The zero-order valence-corrected chi connectivity index (χ0v) is 20.6. The molecule has 0 atom stereocenters. The van der Waals surface area contributed by atoms with Crippen LogP contribution in [-0.2, 0) is 5.60 Å². The van der Waals surface area contributed by atoms with Crippen molar-refractivity contribution in [2.45, 2.75) is 47.1 Å². The van der Waals surface area contributed by atoms with Crippen LogP contribution in [0.4, 0.5) is 5.82 Å². The van der Waals surface area contributed by atoms with E-state index in [-0.39, 0.29) is 11.7 Å². The lowest BCUT2D eigenvalue weighted by atomic mass is 9.86. The van der Waals surface area contributed by atoms with E-state index in [1.807, 2.05) is 70.2 Å². The summed E-state index contributed by atoms with van der Waals surface area (Å²) in [4.78, 5) is 31.4. The Balaban J connectivity index is 1.77. The standard InChI is InChI=1S/C27H28N2O3S/c1-15-16-11-9-12-18(24(30)26(2,3)4)23(16)33-22(15)25(31)29-21-14-19(27(5,6)32)17-10-7-8-13-20(17)28-21/h7-14,32H,1-6H3,(H,28,29,31). The maximum Gasteiger partial charge on any atom is 0.267 e. The number of para-hydroxylation sites is 1. The van der Waals surface area contributed by atoms with Crippen molar-refractivity contribution in [2.24, 2.45) is 5.41 Å². The normalized spacial score (nSPS) is 12.3. The number of aliphatic hydroxyl groups is 1. The third-order valence-electron chi connectivity index (χ3n) is 5.71. The molecule has 0 fully saturated rings. The van der Waals surface area contributed by atoms with Crippen LogP contribution in [0.5, 0.6) is 0 Å². The van der Waals surface area contributed by atoms with Crippen LogP contribution in [0.1, 0.15) is 65.8 Å². The third kappa shape index (κ3) is 4.28. The minimum atomic E-state index is -1.10. The summed E-state index contributed by atoms with van der Waals surface area (Å²) in [5.74, 6) is 0.137. The number of nitrogens with one attached hydrogen (secondary N) is 1. The minimum absolute atomic E-state index is 0.0484. The quantitative estimate of drug-likeness (QED) is 0.342. The second kappa shape index (κ2) is 8.04. The van der Waals surface area contributed by atoms with Gasteiger partial charge in [0.25, 0.3) is 5.91 Å². The Morgan fingerprint density at radius 2 is 1.64 bits per heavy atom. The molecule has 0 aliphatic rings. The number of rotatable bonds is 4. The molecule has 0 radical (unpaired) electrons. The maximum absolute atomic E-state index is 13.3. The van der Waals surface area contributed by atoms with Crippen LogP contribution >= 0.6 is 11.3 Å². The Morgan fingerprint density at radius 1 is 0.970 bits per heavy atom. The fourth-order valence-electron chi connectivity index (χ4n) is 3.96.